The fourth-order valence-corrected chi connectivity index (χ4v) is 5.05. The minimum Gasteiger partial charge on any atom is -0.452 e. The number of amides is 2. The van der Waals surface area contributed by atoms with Gasteiger partial charge in [-0.25, -0.2) is 18.5 Å². The van der Waals surface area contributed by atoms with Crippen molar-refractivity contribution in [3.8, 4) is 0 Å². The van der Waals surface area contributed by atoms with Crippen LogP contribution < -0.4 is 10.0 Å². The van der Waals surface area contributed by atoms with Gasteiger partial charge in [-0.15, -0.1) is 0 Å². The summed E-state index contributed by atoms with van der Waals surface area (Å²) >= 11 is 0. The van der Waals surface area contributed by atoms with E-state index in [1.807, 2.05) is 0 Å². The summed E-state index contributed by atoms with van der Waals surface area (Å²) in [7, 11) is -3.70. The number of carbonyl (C=O) groups excluding carboxylic acids is 1. The number of carbonyl (C=O) groups is 1. The van der Waals surface area contributed by atoms with Crippen LogP contribution >= 0.6 is 0 Å². The summed E-state index contributed by atoms with van der Waals surface area (Å²) in [5.41, 5.74) is 3.51. The van der Waals surface area contributed by atoms with Crippen molar-refractivity contribution in [2.24, 2.45) is 5.92 Å². The molecule has 2 aliphatic rings. The first-order valence-electron chi connectivity index (χ1n) is 10.5. The summed E-state index contributed by atoms with van der Waals surface area (Å²) in [5, 5.41) is 12.7. The quantitative estimate of drug-likeness (QED) is 0.540. The number of nitrogens with one attached hydrogen (secondary N) is 3. The van der Waals surface area contributed by atoms with E-state index in [1.165, 1.54) is 37.2 Å². The average Bonchev–Trinajstić information content (AvgIpc) is 3.28. The number of aliphatic hydroxyl groups is 1. The zero-order valence-electron chi connectivity index (χ0n) is 17.4. The van der Waals surface area contributed by atoms with Gasteiger partial charge in [0.1, 0.15) is 0 Å². The van der Waals surface area contributed by atoms with Crippen LogP contribution in [0.5, 0.6) is 0 Å². The smallest absolute Gasteiger partial charge is 0.332 e. The minimum absolute atomic E-state index is 0.192. The lowest BCUT2D eigenvalue weighted by Crippen LogP contribution is -2.34. The molecule has 1 fully saturated rings. The Morgan fingerprint density at radius 3 is 2.70 bits per heavy atom. The van der Waals surface area contributed by atoms with Crippen LogP contribution in [0.3, 0.4) is 0 Å². The summed E-state index contributed by atoms with van der Waals surface area (Å²) in [5.74, 6) is 0.650. The molecule has 0 radical (unpaired) electrons. The fraction of sp³-hybridized carbons (Fsp3) is 0.500. The third kappa shape index (κ3) is 4.25. The van der Waals surface area contributed by atoms with Crippen molar-refractivity contribution in [1.82, 2.24) is 4.72 Å². The number of rotatable bonds is 6. The SMILES string of the molecule is CC(C)(O)c1coc([S@@](=N)(=O)NC(=O)Nc2c(CC3CCC3)ccc3c2CCC3)c1. The molecule has 1 aromatic carbocycles. The van der Waals surface area contributed by atoms with E-state index in [1.54, 1.807) is 13.8 Å². The topological polar surface area (TPSA) is 115 Å². The van der Waals surface area contributed by atoms with Gasteiger partial charge in [-0.3, -0.25) is 0 Å². The highest BCUT2D eigenvalue weighted by Gasteiger charge is 2.26. The number of urea groups is 1. The second kappa shape index (κ2) is 7.74. The number of hydrogen-bond acceptors (Lipinski definition) is 5. The fourth-order valence-electron chi connectivity index (χ4n) is 4.16. The van der Waals surface area contributed by atoms with Gasteiger partial charge in [-0.1, -0.05) is 31.4 Å². The van der Waals surface area contributed by atoms with Crippen LogP contribution in [-0.4, -0.2) is 15.3 Å². The summed E-state index contributed by atoms with van der Waals surface area (Å²) in [4.78, 5) is 12.7. The molecule has 1 heterocycles. The maximum absolute atomic E-state index is 12.8. The number of furan rings is 1. The maximum atomic E-state index is 12.8. The predicted molar refractivity (Wildman–Crippen MR) is 115 cm³/mol. The number of hydrogen-bond donors (Lipinski definition) is 4. The highest BCUT2D eigenvalue weighted by Crippen LogP contribution is 2.37. The van der Waals surface area contributed by atoms with E-state index in [4.69, 9.17) is 9.20 Å². The normalized spacial score (nSPS) is 18.4. The van der Waals surface area contributed by atoms with E-state index in [2.05, 4.69) is 22.2 Å². The molecule has 2 amide bonds. The number of fused-ring (bicyclic) bond motifs is 1. The highest BCUT2D eigenvalue weighted by atomic mass is 32.2. The minimum atomic E-state index is -3.70. The molecule has 30 heavy (non-hydrogen) atoms. The van der Waals surface area contributed by atoms with Gasteiger partial charge in [0.15, 0.2) is 9.92 Å². The highest BCUT2D eigenvalue weighted by molar-refractivity contribution is 7.91. The number of aryl methyl sites for hydroxylation is 1. The monoisotopic (exact) mass is 431 g/mol. The number of anilines is 1. The van der Waals surface area contributed by atoms with Gasteiger partial charge in [0.2, 0.25) is 5.09 Å². The summed E-state index contributed by atoms with van der Waals surface area (Å²) in [6, 6.07) is 4.91. The molecule has 0 bridgehead atoms. The molecule has 2 aromatic rings. The molecule has 1 aromatic heterocycles. The predicted octanol–water partition coefficient (Wildman–Crippen LogP) is 4.48. The van der Waals surface area contributed by atoms with Crippen molar-refractivity contribution < 1.29 is 18.5 Å². The van der Waals surface area contributed by atoms with E-state index in [-0.39, 0.29) is 5.09 Å². The Bertz CT molecular complexity index is 1060. The Balaban J connectivity index is 1.53. The zero-order chi connectivity index (χ0) is 21.5. The molecule has 1 saturated carbocycles. The van der Waals surface area contributed by atoms with Crippen molar-refractivity contribution in [1.29, 1.82) is 4.78 Å². The molecule has 0 spiro atoms. The molecule has 162 valence electrons. The van der Waals surface area contributed by atoms with Crippen molar-refractivity contribution in [3.05, 3.63) is 46.7 Å². The summed E-state index contributed by atoms with van der Waals surface area (Å²) < 4.78 is 28.4. The zero-order valence-corrected chi connectivity index (χ0v) is 18.2. The van der Waals surface area contributed by atoms with Gasteiger partial charge in [0.25, 0.3) is 0 Å². The van der Waals surface area contributed by atoms with Gasteiger partial charge in [-0.2, -0.15) is 0 Å². The Labute approximate surface area is 177 Å². The van der Waals surface area contributed by atoms with Crippen molar-refractivity contribution in [2.45, 2.75) is 69.5 Å². The Hall–Kier alpha value is -2.32. The first kappa shape index (κ1) is 20.9. The maximum Gasteiger partial charge on any atom is 0.332 e. The molecule has 0 saturated heterocycles. The van der Waals surface area contributed by atoms with Gasteiger partial charge in [0, 0.05) is 17.3 Å². The lowest BCUT2D eigenvalue weighted by Gasteiger charge is -2.27. The molecule has 0 aliphatic heterocycles. The van der Waals surface area contributed by atoms with E-state index in [0.29, 0.717) is 11.5 Å². The standard InChI is InChI=1S/C22H29N3O4S/c1-22(2,27)17-12-19(29-13-17)30(23,28)25-21(26)24-20-16(11-14-5-3-6-14)10-9-15-7-4-8-18(15)20/h9-10,12-14,27H,3-8,11H2,1-2H3,(H3,23,24,25,26,28)/t30-/m0/s1. The Morgan fingerprint density at radius 1 is 1.30 bits per heavy atom. The van der Waals surface area contributed by atoms with Crippen LogP contribution in [0.1, 0.15) is 61.8 Å². The molecular formula is C22H29N3O4S. The van der Waals surface area contributed by atoms with Crippen molar-refractivity contribution >= 4 is 21.6 Å². The van der Waals surface area contributed by atoms with E-state index in [0.717, 1.165) is 42.5 Å². The van der Waals surface area contributed by atoms with Gasteiger partial charge < -0.3 is 14.8 Å². The van der Waals surface area contributed by atoms with E-state index < -0.39 is 21.5 Å². The average molecular weight is 432 g/mol. The summed E-state index contributed by atoms with van der Waals surface area (Å²) in [6.07, 6.45) is 8.82. The van der Waals surface area contributed by atoms with Crippen LogP contribution in [0.25, 0.3) is 0 Å². The third-order valence-corrected chi connectivity index (χ3v) is 7.40. The molecule has 4 rings (SSSR count). The molecule has 0 unspecified atom stereocenters. The van der Waals surface area contributed by atoms with Crippen LogP contribution in [0.15, 0.2) is 34.0 Å². The third-order valence-electron chi connectivity index (χ3n) is 6.14. The Morgan fingerprint density at radius 2 is 2.07 bits per heavy atom. The van der Waals surface area contributed by atoms with Gasteiger partial charge >= 0.3 is 6.03 Å². The van der Waals surface area contributed by atoms with Gasteiger partial charge in [-0.05, 0) is 62.1 Å². The second-order valence-electron chi connectivity index (χ2n) is 8.92. The molecule has 1 atom stereocenters. The van der Waals surface area contributed by atoms with Gasteiger partial charge in [0.05, 0.1) is 11.9 Å². The largest absolute Gasteiger partial charge is 0.452 e. The van der Waals surface area contributed by atoms with Crippen molar-refractivity contribution in [3.63, 3.8) is 0 Å². The Kier molecular flexibility index (Phi) is 5.40. The lowest BCUT2D eigenvalue weighted by atomic mass is 9.80. The molecule has 8 heteroatoms. The van der Waals surface area contributed by atoms with Crippen LogP contribution in [0, 0.1) is 10.7 Å². The molecule has 7 nitrogen and oxygen atoms in total. The van der Waals surface area contributed by atoms with Crippen LogP contribution in [-0.2, 0) is 34.8 Å². The lowest BCUT2D eigenvalue weighted by molar-refractivity contribution is 0.0779. The van der Waals surface area contributed by atoms with Crippen molar-refractivity contribution in [2.75, 3.05) is 5.32 Å². The van der Waals surface area contributed by atoms with Crippen LogP contribution in [0.4, 0.5) is 10.5 Å². The first-order chi connectivity index (χ1) is 14.1. The molecular weight excluding hydrogens is 402 g/mol. The van der Waals surface area contributed by atoms with E-state index >= 15 is 0 Å². The second-order valence-corrected chi connectivity index (χ2v) is 10.6. The van der Waals surface area contributed by atoms with Crippen LogP contribution in [0.2, 0.25) is 0 Å². The molecule has 2 aliphatic carbocycles. The molecule has 4 N–H and O–H groups in total. The summed E-state index contributed by atoms with van der Waals surface area (Å²) in [6.45, 7) is 3.13. The first-order valence-corrected chi connectivity index (χ1v) is 12.0. The van der Waals surface area contributed by atoms with E-state index in [9.17, 15) is 14.1 Å². The number of benzene rings is 1.